The van der Waals surface area contributed by atoms with Crippen molar-refractivity contribution in [1.82, 2.24) is 15.5 Å². The van der Waals surface area contributed by atoms with Crippen molar-refractivity contribution in [2.24, 2.45) is 0 Å². The number of hydrogen-bond donors (Lipinski definition) is 2. The molecule has 0 aliphatic carbocycles. The lowest BCUT2D eigenvalue weighted by Crippen LogP contribution is -2.52. The topological polar surface area (TPSA) is 70.7 Å². The molecule has 146 valence electrons. The largest absolute Gasteiger partial charge is 0.496 e. The van der Waals surface area contributed by atoms with Gasteiger partial charge < -0.3 is 15.4 Å². The van der Waals surface area contributed by atoms with E-state index in [0.29, 0.717) is 12.3 Å². The van der Waals surface area contributed by atoms with Crippen molar-refractivity contribution in [2.75, 3.05) is 20.7 Å². The maximum Gasteiger partial charge on any atom is 0.241 e. The summed E-state index contributed by atoms with van der Waals surface area (Å²) < 4.78 is 5.45. The van der Waals surface area contributed by atoms with E-state index in [4.69, 9.17) is 4.74 Å². The fourth-order valence-electron chi connectivity index (χ4n) is 3.33. The zero-order valence-corrected chi connectivity index (χ0v) is 17.0. The van der Waals surface area contributed by atoms with Crippen LogP contribution in [0, 0.1) is 0 Å². The molecule has 7 heteroatoms. The van der Waals surface area contributed by atoms with E-state index in [1.807, 2.05) is 49.9 Å². The zero-order chi connectivity index (χ0) is 18.6. The molecule has 0 saturated carbocycles. The van der Waals surface area contributed by atoms with Crippen LogP contribution in [0.1, 0.15) is 45.2 Å². The highest BCUT2D eigenvalue weighted by molar-refractivity contribution is 5.87. The minimum Gasteiger partial charge on any atom is -0.496 e. The highest BCUT2D eigenvalue weighted by Gasteiger charge is 2.40. The number of hydrogen-bond acceptors (Lipinski definition) is 4. The Labute approximate surface area is 162 Å². The van der Waals surface area contributed by atoms with Gasteiger partial charge in [-0.25, -0.2) is 0 Å². The van der Waals surface area contributed by atoms with Gasteiger partial charge in [-0.15, -0.1) is 12.4 Å². The maximum atomic E-state index is 12.8. The zero-order valence-electron chi connectivity index (χ0n) is 16.2. The number of carbonyl (C=O) groups is 2. The first-order valence-electron chi connectivity index (χ1n) is 8.70. The van der Waals surface area contributed by atoms with Crippen molar-refractivity contribution < 1.29 is 14.3 Å². The average molecular weight is 384 g/mol. The normalized spacial score (nSPS) is 18.6. The molecule has 1 aliphatic heterocycles. The van der Waals surface area contributed by atoms with Crippen molar-refractivity contribution in [2.45, 2.75) is 51.2 Å². The van der Waals surface area contributed by atoms with Crippen LogP contribution in [0.15, 0.2) is 24.3 Å². The third-order valence-corrected chi connectivity index (χ3v) is 4.35. The third kappa shape index (κ3) is 5.11. The summed E-state index contributed by atoms with van der Waals surface area (Å²) in [7, 11) is 3.21. The summed E-state index contributed by atoms with van der Waals surface area (Å²) in [5, 5.41) is 5.77. The van der Waals surface area contributed by atoms with Crippen molar-refractivity contribution in [1.29, 1.82) is 0 Å². The fourth-order valence-corrected chi connectivity index (χ4v) is 3.33. The lowest BCUT2D eigenvalue weighted by atomic mass is 10.0. The summed E-state index contributed by atoms with van der Waals surface area (Å²) in [5.41, 5.74) is 0.470. The van der Waals surface area contributed by atoms with Crippen molar-refractivity contribution in [3.05, 3.63) is 29.8 Å². The van der Waals surface area contributed by atoms with Gasteiger partial charge in [-0.1, -0.05) is 18.2 Å². The number of benzene rings is 1. The van der Waals surface area contributed by atoms with Crippen LogP contribution in [0.3, 0.4) is 0 Å². The number of rotatable bonds is 5. The van der Waals surface area contributed by atoms with E-state index in [1.54, 1.807) is 14.2 Å². The van der Waals surface area contributed by atoms with Gasteiger partial charge in [0.1, 0.15) is 11.8 Å². The number of amides is 2. The molecule has 2 N–H and O–H groups in total. The number of nitrogens with one attached hydrogen (secondary N) is 2. The minimum absolute atomic E-state index is 0. The standard InChI is InChI=1S/C19H29N3O3.ClH/c1-19(2,3)21-17(23)14-10-8-12-22(14)16(18(24)20-4)13-9-6-7-11-15(13)25-5;/h6-7,9,11,14,16H,8,10,12H2,1-5H3,(H,20,24)(H,21,23);1H/t14-,16+;/m0./s1. The smallest absolute Gasteiger partial charge is 0.241 e. The Hall–Kier alpha value is -1.79. The van der Waals surface area contributed by atoms with Gasteiger partial charge in [-0.3, -0.25) is 14.5 Å². The maximum absolute atomic E-state index is 12.8. The predicted octanol–water partition coefficient (Wildman–Crippen LogP) is 2.28. The van der Waals surface area contributed by atoms with Gasteiger partial charge >= 0.3 is 0 Å². The molecule has 0 spiro atoms. The molecule has 6 nitrogen and oxygen atoms in total. The Balaban J connectivity index is 0.00000338. The van der Waals surface area contributed by atoms with E-state index >= 15 is 0 Å². The second kappa shape index (κ2) is 9.24. The van der Waals surface area contributed by atoms with Gasteiger partial charge in [0.2, 0.25) is 11.8 Å². The number of para-hydroxylation sites is 1. The second-order valence-electron chi connectivity index (χ2n) is 7.39. The fraction of sp³-hybridized carbons (Fsp3) is 0.579. The van der Waals surface area contributed by atoms with Gasteiger partial charge in [-0.05, 0) is 39.7 Å². The van der Waals surface area contributed by atoms with Crippen LogP contribution in [0.5, 0.6) is 5.75 Å². The van der Waals surface area contributed by atoms with Crippen LogP contribution in [0.2, 0.25) is 0 Å². The SMILES string of the molecule is CNC(=O)[C@@H](c1ccccc1OC)N1CCC[C@H]1C(=O)NC(C)(C)C.Cl. The number of halogens is 1. The molecule has 1 aliphatic rings. The van der Waals surface area contributed by atoms with Crippen LogP contribution in [-0.4, -0.2) is 49.0 Å². The first kappa shape index (κ1) is 22.3. The van der Waals surface area contributed by atoms with E-state index in [9.17, 15) is 9.59 Å². The minimum atomic E-state index is -0.556. The van der Waals surface area contributed by atoms with Crippen molar-refractivity contribution in [3.63, 3.8) is 0 Å². The Kier molecular flexibility index (Phi) is 7.90. The van der Waals surface area contributed by atoms with E-state index in [1.165, 1.54) is 0 Å². The number of methoxy groups -OCH3 is 1. The van der Waals surface area contributed by atoms with Gasteiger partial charge in [0, 0.05) is 24.7 Å². The highest BCUT2D eigenvalue weighted by atomic mass is 35.5. The molecule has 1 aromatic carbocycles. The lowest BCUT2D eigenvalue weighted by molar-refractivity contribution is -0.132. The monoisotopic (exact) mass is 383 g/mol. The van der Waals surface area contributed by atoms with Gasteiger partial charge in [-0.2, -0.15) is 0 Å². The molecule has 1 fully saturated rings. The molecular weight excluding hydrogens is 354 g/mol. The molecule has 2 atom stereocenters. The van der Waals surface area contributed by atoms with Crippen LogP contribution >= 0.6 is 12.4 Å². The summed E-state index contributed by atoms with van der Waals surface area (Å²) in [4.78, 5) is 27.4. The number of likely N-dealkylation sites (N-methyl/N-ethyl adjacent to an activating group) is 1. The van der Waals surface area contributed by atoms with Crippen LogP contribution < -0.4 is 15.4 Å². The summed E-state index contributed by atoms with van der Waals surface area (Å²) >= 11 is 0. The Morgan fingerprint density at radius 3 is 2.50 bits per heavy atom. The summed E-state index contributed by atoms with van der Waals surface area (Å²) in [6, 6.07) is 6.60. The van der Waals surface area contributed by atoms with E-state index in [0.717, 1.165) is 18.4 Å². The number of likely N-dealkylation sites (tertiary alicyclic amines) is 1. The number of ether oxygens (including phenoxy) is 1. The quantitative estimate of drug-likeness (QED) is 0.818. The molecule has 26 heavy (non-hydrogen) atoms. The molecular formula is C19H30ClN3O3. The molecule has 0 radical (unpaired) electrons. The molecule has 0 unspecified atom stereocenters. The molecule has 0 aromatic heterocycles. The van der Waals surface area contributed by atoms with Crippen molar-refractivity contribution >= 4 is 24.2 Å². The van der Waals surface area contributed by atoms with Crippen LogP contribution in [0.4, 0.5) is 0 Å². The van der Waals surface area contributed by atoms with E-state index in [-0.39, 0.29) is 35.8 Å². The van der Waals surface area contributed by atoms with E-state index in [2.05, 4.69) is 10.6 Å². The average Bonchev–Trinajstić information content (AvgIpc) is 3.03. The van der Waals surface area contributed by atoms with Gasteiger partial charge in [0.05, 0.1) is 13.2 Å². The highest BCUT2D eigenvalue weighted by Crippen LogP contribution is 2.34. The molecule has 2 amide bonds. The first-order chi connectivity index (χ1) is 11.8. The summed E-state index contributed by atoms with van der Waals surface area (Å²) in [5.74, 6) is 0.478. The molecule has 2 rings (SSSR count). The third-order valence-electron chi connectivity index (χ3n) is 4.35. The Morgan fingerprint density at radius 1 is 1.27 bits per heavy atom. The molecule has 1 saturated heterocycles. The van der Waals surface area contributed by atoms with E-state index < -0.39 is 6.04 Å². The van der Waals surface area contributed by atoms with Crippen LogP contribution in [0.25, 0.3) is 0 Å². The predicted molar refractivity (Wildman–Crippen MR) is 105 cm³/mol. The molecule has 0 bridgehead atoms. The first-order valence-corrected chi connectivity index (χ1v) is 8.70. The Bertz CT molecular complexity index is 631. The van der Waals surface area contributed by atoms with Gasteiger partial charge in [0.25, 0.3) is 0 Å². The number of nitrogens with zero attached hydrogens (tertiary/aromatic N) is 1. The van der Waals surface area contributed by atoms with Crippen molar-refractivity contribution in [3.8, 4) is 5.75 Å². The lowest BCUT2D eigenvalue weighted by Gasteiger charge is -2.33. The summed E-state index contributed by atoms with van der Waals surface area (Å²) in [6.45, 7) is 6.57. The van der Waals surface area contributed by atoms with Gasteiger partial charge in [0.15, 0.2) is 0 Å². The molecule has 1 heterocycles. The number of carbonyl (C=O) groups excluding carboxylic acids is 2. The molecule has 1 aromatic rings. The van der Waals surface area contributed by atoms with Crippen LogP contribution in [-0.2, 0) is 9.59 Å². The summed E-state index contributed by atoms with van der Waals surface area (Å²) in [6.07, 6.45) is 1.62. The second-order valence-corrected chi connectivity index (χ2v) is 7.39. The Morgan fingerprint density at radius 2 is 1.92 bits per heavy atom.